The van der Waals surface area contributed by atoms with Gasteiger partial charge in [0.05, 0.1) is 5.75 Å². The van der Waals surface area contributed by atoms with Gasteiger partial charge in [0.2, 0.25) is 15.9 Å². The molecule has 7 heteroatoms. The summed E-state index contributed by atoms with van der Waals surface area (Å²) in [6.07, 6.45) is 2.40. The van der Waals surface area contributed by atoms with E-state index in [4.69, 9.17) is 0 Å². The van der Waals surface area contributed by atoms with Crippen molar-refractivity contribution in [1.29, 1.82) is 0 Å². The summed E-state index contributed by atoms with van der Waals surface area (Å²) in [6, 6.07) is 0.388. The van der Waals surface area contributed by atoms with Gasteiger partial charge < -0.3 is 10.2 Å². The first kappa shape index (κ1) is 16.7. The Bertz CT molecular complexity index is 458. The lowest BCUT2D eigenvalue weighted by molar-refractivity contribution is -0.137. The maximum absolute atomic E-state index is 12.5. The van der Waals surface area contributed by atoms with Crippen molar-refractivity contribution in [1.82, 2.24) is 14.5 Å². The van der Waals surface area contributed by atoms with Crippen LogP contribution in [0.25, 0.3) is 0 Å². The molecule has 21 heavy (non-hydrogen) atoms. The third-order valence-electron chi connectivity index (χ3n) is 4.38. The monoisotopic (exact) mass is 317 g/mol. The average molecular weight is 317 g/mol. The van der Waals surface area contributed by atoms with Crippen LogP contribution in [0.1, 0.15) is 33.1 Å². The van der Waals surface area contributed by atoms with Crippen LogP contribution < -0.4 is 5.32 Å². The third-order valence-corrected chi connectivity index (χ3v) is 6.45. The summed E-state index contributed by atoms with van der Waals surface area (Å²) in [5, 5.41) is 3.35. The number of nitrogens with zero attached hydrogens (tertiary/aromatic N) is 2. The highest BCUT2D eigenvalue weighted by molar-refractivity contribution is 7.89. The van der Waals surface area contributed by atoms with Crippen molar-refractivity contribution in [2.75, 3.05) is 38.5 Å². The van der Waals surface area contributed by atoms with Gasteiger partial charge in [0, 0.05) is 38.1 Å². The Morgan fingerprint density at radius 1 is 1.24 bits per heavy atom. The number of piperidine rings is 1. The molecule has 0 bridgehead atoms. The maximum Gasteiger partial charge on any atom is 0.225 e. The highest BCUT2D eigenvalue weighted by atomic mass is 32.2. The number of piperazine rings is 1. The predicted octanol–water partition coefficient (Wildman–Crippen LogP) is 0.259. The topological polar surface area (TPSA) is 69.7 Å². The Hall–Kier alpha value is -0.660. The largest absolute Gasteiger partial charge is 0.340 e. The zero-order chi connectivity index (χ0) is 15.5. The van der Waals surface area contributed by atoms with E-state index in [1.165, 1.54) is 4.31 Å². The molecule has 0 saturated carbocycles. The quantitative estimate of drug-likeness (QED) is 0.807. The molecule has 1 N–H and O–H groups in total. The number of hydrogen-bond acceptors (Lipinski definition) is 4. The van der Waals surface area contributed by atoms with Crippen molar-refractivity contribution in [2.24, 2.45) is 5.92 Å². The molecule has 2 fully saturated rings. The Labute approximate surface area is 127 Å². The van der Waals surface area contributed by atoms with Crippen molar-refractivity contribution in [3.05, 3.63) is 0 Å². The zero-order valence-corrected chi connectivity index (χ0v) is 13.9. The van der Waals surface area contributed by atoms with Gasteiger partial charge in [-0.3, -0.25) is 4.79 Å². The van der Waals surface area contributed by atoms with Gasteiger partial charge in [-0.05, 0) is 32.7 Å². The normalized spacial score (nSPS) is 28.6. The van der Waals surface area contributed by atoms with Crippen LogP contribution in [0.5, 0.6) is 0 Å². The summed E-state index contributed by atoms with van der Waals surface area (Å²) in [4.78, 5) is 14.4. The minimum absolute atomic E-state index is 0.0973. The molecular weight excluding hydrogens is 290 g/mol. The Morgan fingerprint density at radius 2 is 1.90 bits per heavy atom. The highest BCUT2D eigenvalue weighted by Crippen LogP contribution is 2.20. The molecule has 2 saturated heterocycles. The first-order chi connectivity index (χ1) is 9.94. The Kier molecular flexibility index (Phi) is 5.62. The molecule has 0 aromatic carbocycles. The molecule has 122 valence electrons. The molecule has 0 aliphatic carbocycles. The lowest BCUT2D eigenvalue weighted by atomic mass is 9.92. The zero-order valence-electron chi connectivity index (χ0n) is 13.0. The minimum Gasteiger partial charge on any atom is -0.340 e. The summed E-state index contributed by atoms with van der Waals surface area (Å²) in [5.74, 6) is 0.503. The smallest absolute Gasteiger partial charge is 0.225 e. The van der Waals surface area contributed by atoms with E-state index in [1.807, 2.05) is 11.8 Å². The summed E-state index contributed by atoms with van der Waals surface area (Å²) >= 11 is 0. The summed E-state index contributed by atoms with van der Waals surface area (Å²) < 4.78 is 25.6. The van der Waals surface area contributed by atoms with Crippen molar-refractivity contribution >= 4 is 15.9 Å². The number of carbonyl (C=O) groups excluding carboxylic acids is 1. The molecule has 2 unspecified atom stereocenters. The molecule has 2 heterocycles. The summed E-state index contributed by atoms with van der Waals surface area (Å²) in [7, 11) is -3.13. The van der Waals surface area contributed by atoms with E-state index in [9.17, 15) is 13.2 Å². The lowest BCUT2D eigenvalue weighted by Gasteiger charge is -2.37. The maximum atomic E-state index is 12.5. The fraction of sp³-hybridized carbons (Fsp3) is 0.929. The van der Waals surface area contributed by atoms with Crippen LogP contribution in [0, 0.1) is 5.92 Å². The van der Waals surface area contributed by atoms with E-state index in [1.54, 1.807) is 0 Å². The highest BCUT2D eigenvalue weighted by Gasteiger charge is 2.32. The second-order valence-corrected chi connectivity index (χ2v) is 8.21. The van der Waals surface area contributed by atoms with Crippen molar-refractivity contribution in [3.63, 3.8) is 0 Å². The van der Waals surface area contributed by atoms with Crippen LogP contribution in [0.2, 0.25) is 0 Å². The van der Waals surface area contributed by atoms with Crippen molar-refractivity contribution < 1.29 is 13.2 Å². The van der Waals surface area contributed by atoms with E-state index in [0.29, 0.717) is 38.6 Å². The molecule has 0 spiro atoms. The van der Waals surface area contributed by atoms with Crippen LogP contribution in [-0.4, -0.2) is 68.0 Å². The molecule has 2 rings (SSSR count). The van der Waals surface area contributed by atoms with Crippen LogP contribution >= 0.6 is 0 Å². The van der Waals surface area contributed by atoms with Gasteiger partial charge in [-0.15, -0.1) is 0 Å². The van der Waals surface area contributed by atoms with Crippen LogP contribution in [0.15, 0.2) is 0 Å². The SMILES string of the molecule is CCCS(=O)(=O)N1CCN(C(=O)C2CCNC(C)C2)CC1. The second-order valence-electron chi connectivity index (χ2n) is 6.12. The average Bonchev–Trinajstić information content (AvgIpc) is 2.46. The van der Waals surface area contributed by atoms with Crippen molar-refractivity contribution in [3.8, 4) is 0 Å². The fourth-order valence-corrected chi connectivity index (χ4v) is 4.68. The lowest BCUT2D eigenvalue weighted by Crippen LogP contribution is -2.53. The van der Waals surface area contributed by atoms with Gasteiger partial charge in [0.25, 0.3) is 0 Å². The number of nitrogens with one attached hydrogen (secondary N) is 1. The number of amides is 1. The Morgan fingerprint density at radius 3 is 2.48 bits per heavy atom. The van der Waals surface area contributed by atoms with Gasteiger partial charge in [-0.1, -0.05) is 6.92 Å². The van der Waals surface area contributed by atoms with E-state index in [0.717, 1.165) is 19.4 Å². The van der Waals surface area contributed by atoms with E-state index in [-0.39, 0.29) is 17.6 Å². The number of rotatable bonds is 4. The molecule has 0 aromatic heterocycles. The van der Waals surface area contributed by atoms with Gasteiger partial charge in [-0.2, -0.15) is 4.31 Å². The molecule has 6 nitrogen and oxygen atoms in total. The predicted molar refractivity (Wildman–Crippen MR) is 82.4 cm³/mol. The molecule has 0 aromatic rings. The van der Waals surface area contributed by atoms with Crippen molar-refractivity contribution in [2.45, 2.75) is 39.2 Å². The second kappa shape index (κ2) is 7.07. The van der Waals surface area contributed by atoms with Gasteiger partial charge in [0.1, 0.15) is 0 Å². The van der Waals surface area contributed by atoms with E-state index in [2.05, 4.69) is 12.2 Å². The molecule has 2 atom stereocenters. The van der Waals surface area contributed by atoms with Crippen LogP contribution in [0.4, 0.5) is 0 Å². The molecular formula is C14H27N3O3S. The van der Waals surface area contributed by atoms with Gasteiger partial charge >= 0.3 is 0 Å². The first-order valence-corrected chi connectivity index (χ1v) is 9.55. The Balaban J connectivity index is 1.87. The third kappa shape index (κ3) is 4.17. The van der Waals surface area contributed by atoms with E-state index < -0.39 is 10.0 Å². The first-order valence-electron chi connectivity index (χ1n) is 7.94. The summed E-state index contributed by atoms with van der Waals surface area (Å²) in [5.41, 5.74) is 0. The molecule has 0 radical (unpaired) electrons. The summed E-state index contributed by atoms with van der Waals surface area (Å²) in [6.45, 7) is 6.80. The number of carbonyl (C=O) groups is 1. The number of hydrogen-bond donors (Lipinski definition) is 1. The van der Waals surface area contributed by atoms with E-state index >= 15 is 0 Å². The minimum atomic E-state index is -3.13. The van der Waals surface area contributed by atoms with Crippen LogP contribution in [-0.2, 0) is 14.8 Å². The van der Waals surface area contributed by atoms with Gasteiger partial charge in [-0.25, -0.2) is 8.42 Å². The standard InChI is InChI=1S/C14H27N3O3S/c1-3-10-21(19,20)17-8-6-16(7-9-17)14(18)13-4-5-15-12(2)11-13/h12-13,15H,3-11H2,1-2H3. The molecule has 1 amide bonds. The van der Waals surface area contributed by atoms with Gasteiger partial charge in [0.15, 0.2) is 0 Å². The fourth-order valence-electron chi connectivity index (χ4n) is 3.19. The van der Waals surface area contributed by atoms with Crippen LogP contribution in [0.3, 0.4) is 0 Å². The molecule has 2 aliphatic rings. The number of sulfonamides is 1. The molecule has 2 aliphatic heterocycles.